The lowest BCUT2D eigenvalue weighted by molar-refractivity contribution is 0.357. The van der Waals surface area contributed by atoms with Gasteiger partial charge in [0.05, 0.1) is 6.61 Å². The van der Waals surface area contributed by atoms with Gasteiger partial charge in [0.25, 0.3) is 0 Å². The Hall–Kier alpha value is -1.28. The van der Waals surface area contributed by atoms with Crippen LogP contribution < -0.4 is 4.74 Å². The summed E-state index contributed by atoms with van der Waals surface area (Å²) < 4.78 is 5.53. The summed E-state index contributed by atoms with van der Waals surface area (Å²) in [6.45, 7) is 3.09. The highest BCUT2D eigenvalue weighted by molar-refractivity contribution is 5.68. The Balaban J connectivity index is 1.90. The minimum atomic E-state index is 0.848. The summed E-state index contributed by atoms with van der Waals surface area (Å²) in [5, 5.41) is 0. The molecule has 0 unspecified atom stereocenters. The zero-order chi connectivity index (χ0) is 11.0. The van der Waals surface area contributed by atoms with Crippen molar-refractivity contribution in [1.29, 1.82) is 0 Å². The smallest absolute Gasteiger partial charge is 0.122 e. The Labute approximate surface area is 96.5 Å². The number of likely N-dealkylation sites (N-methyl/N-ethyl adjacent to an activating group) is 1. The average molecular weight is 215 g/mol. The van der Waals surface area contributed by atoms with Crippen LogP contribution >= 0.6 is 0 Å². The first-order valence-electron chi connectivity index (χ1n) is 5.96. The van der Waals surface area contributed by atoms with Crippen molar-refractivity contribution >= 4 is 5.57 Å². The Morgan fingerprint density at radius 3 is 3.00 bits per heavy atom. The molecule has 0 aliphatic carbocycles. The Bertz CT molecular complexity index is 436. The molecule has 0 saturated carbocycles. The molecule has 2 aliphatic rings. The van der Waals surface area contributed by atoms with Crippen LogP contribution in [0.3, 0.4) is 0 Å². The predicted octanol–water partition coefficient (Wildman–Crippen LogP) is 2.34. The molecule has 2 heteroatoms. The lowest BCUT2D eigenvalue weighted by Crippen LogP contribution is -2.23. The molecular weight excluding hydrogens is 198 g/mol. The molecule has 3 rings (SSSR count). The quantitative estimate of drug-likeness (QED) is 0.713. The molecule has 2 heterocycles. The van der Waals surface area contributed by atoms with Crippen LogP contribution in [0, 0.1) is 0 Å². The van der Waals surface area contributed by atoms with Gasteiger partial charge >= 0.3 is 0 Å². The van der Waals surface area contributed by atoms with Crippen molar-refractivity contribution in [3.05, 3.63) is 35.4 Å². The molecule has 2 nitrogen and oxygen atoms in total. The molecule has 0 saturated heterocycles. The number of fused-ring (bicyclic) bond motifs is 1. The van der Waals surface area contributed by atoms with Gasteiger partial charge in [-0.1, -0.05) is 12.1 Å². The van der Waals surface area contributed by atoms with Gasteiger partial charge in [0, 0.05) is 19.5 Å². The van der Waals surface area contributed by atoms with Crippen LogP contribution in [-0.4, -0.2) is 31.6 Å². The third-order valence-corrected chi connectivity index (χ3v) is 3.47. The standard InChI is InChI=1S/C14H17NO/c1-15-7-4-11(5-8-15)12-2-3-14-13(10-12)6-9-16-14/h2-4,10H,5-9H2,1H3. The molecule has 0 atom stereocenters. The van der Waals surface area contributed by atoms with E-state index in [2.05, 4.69) is 36.2 Å². The minimum Gasteiger partial charge on any atom is -0.493 e. The van der Waals surface area contributed by atoms with Gasteiger partial charge in [0.1, 0.15) is 5.75 Å². The molecule has 1 aromatic rings. The molecule has 84 valence electrons. The minimum absolute atomic E-state index is 0.848. The summed E-state index contributed by atoms with van der Waals surface area (Å²) in [4.78, 5) is 2.35. The maximum Gasteiger partial charge on any atom is 0.122 e. The van der Waals surface area contributed by atoms with Crippen LogP contribution in [0.1, 0.15) is 17.5 Å². The van der Waals surface area contributed by atoms with Crippen LogP contribution in [0.25, 0.3) is 5.57 Å². The molecule has 0 aromatic heterocycles. The van der Waals surface area contributed by atoms with Gasteiger partial charge in [0.2, 0.25) is 0 Å². The Morgan fingerprint density at radius 2 is 2.19 bits per heavy atom. The number of hydrogen-bond donors (Lipinski definition) is 0. The summed E-state index contributed by atoms with van der Waals surface area (Å²) in [5.41, 5.74) is 4.25. The van der Waals surface area contributed by atoms with Crippen molar-refractivity contribution in [3.63, 3.8) is 0 Å². The summed E-state index contributed by atoms with van der Waals surface area (Å²) in [6.07, 6.45) is 4.58. The lowest BCUT2D eigenvalue weighted by atomic mass is 9.97. The Morgan fingerprint density at radius 1 is 1.25 bits per heavy atom. The molecule has 1 aromatic carbocycles. The summed E-state index contributed by atoms with van der Waals surface area (Å²) in [6, 6.07) is 6.62. The second-order valence-electron chi connectivity index (χ2n) is 4.66. The van der Waals surface area contributed by atoms with E-state index in [9.17, 15) is 0 Å². The van der Waals surface area contributed by atoms with Crippen molar-refractivity contribution in [2.45, 2.75) is 12.8 Å². The van der Waals surface area contributed by atoms with E-state index >= 15 is 0 Å². The zero-order valence-corrected chi connectivity index (χ0v) is 9.70. The van der Waals surface area contributed by atoms with E-state index in [0.29, 0.717) is 0 Å². The van der Waals surface area contributed by atoms with Crippen molar-refractivity contribution in [2.75, 3.05) is 26.7 Å². The number of nitrogens with zero attached hydrogens (tertiary/aromatic N) is 1. The first-order chi connectivity index (χ1) is 7.83. The fraction of sp³-hybridized carbons (Fsp3) is 0.429. The van der Waals surface area contributed by atoms with Crippen LogP contribution in [0.2, 0.25) is 0 Å². The van der Waals surface area contributed by atoms with Crippen molar-refractivity contribution < 1.29 is 4.74 Å². The van der Waals surface area contributed by atoms with Gasteiger partial charge in [-0.05, 0) is 42.3 Å². The number of benzene rings is 1. The largest absolute Gasteiger partial charge is 0.493 e. The van der Waals surface area contributed by atoms with Gasteiger partial charge in [-0.15, -0.1) is 0 Å². The van der Waals surface area contributed by atoms with E-state index in [0.717, 1.165) is 31.7 Å². The number of ether oxygens (including phenoxy) is 1. The van der Waals surface area contributed by atoms with E-state index < -0.39 is 0 Å². The molecule has 16 heavy (non-hydrogen) atoms. The molecular formula is C14H17NO. The highest BCUT2D eigenvalue weighted by atomic mass is 16.5. The molecule has 0 radical (unpaired) electrons. The molecule has 2 aliphatic heterocycles. The number of hydrogen-bond acceptors (Lipinski definition) is 2. The van der Waals surface area contributed by atoms with Crippen LogP contribution in [0.15, 0.2) is 24.3 Å². The molecule has 0 fully saturated rings. The van der Waals surface area contributed by atoms with Crippen LogP contribution in [-0.2, 0) is 6.42 Å². The first-order valence-corrected chi connectivity index (χ1v) is 5.96. The summed E-state index contributed by atoms with van der Waals surface area (Å²) >= 11 is 0. The zero-order valence-electron chi connectivity index (χ0n) is 9.70. The maximum atomic E-state index is 5.53. The normalized spacial score (nSPS) is 20.2. The maximum absolute atomic E-state index is 5.53. The van der Waals surface area contributed by atoms with Gasteiger partial charge in [-0.2, -0.15) is 0 Å². The highest BCUT2D eigenvalue weighted by Crippen LogP contribution is 2.30. The van der Waals surface area contributed by atoms with Gasteiger partial charge in [-0.25, -0.2) is 0 Å². The summed E-state index contributed by atoms with van der Waals surface area (Å²) in [7, 11) is 2.17. The monoisotopic (exact) mass is 215 g/mol. The topological polar surface area (TPSA) is 12.5 Å². The highest BCUT2D eigenvalue weighted by Gasteiger charge is 2.15. The van der Waals surface area contributed by atoms with E-state index in [4.69, 9.17) is 4.74 Å². The SMILES string of the molecule is CN1CC=C(c2ccc3c(c2)CCO3)CC1. The molecule has 0 bridgehead atoms. The van der Waals surface area contributed by atoms with E-state index in [1.807, 2.05) is 0 Å². The Kier molecular flexibility index (Phi) is 2.44. The fourth-order valence-electron chi connectivity index (χ4n) is 2.42. The predicted molar refractivity (Wildman–Crippen MR) is 65.7 cm³/mol. The fourth-order valence-corrected chi connectivity index (χ4v) is 2.42. The van der Waals surface area contributed by atoms with Crippen LogP contribution in [0.5, 0.6) is 5.75 Å². The summed E-state index contributed by atoms with van der Waals surface area (Å²) in [5.74, 6) is 1.08. The molecule has 0 N–H and O–H groups in total. The third-order valence-electron chi connectivity index (χ3n) is 3.47. The van der Waals surface area contributed by atoms with E-state index in [1.54, 1.807) is 0 Å². The van der Waals surface area contributed by atoms with Gasteiger partial charge in [-0.3, -0.25) is 0 Å². The van der Waals surface area contributed by atoms with Gasteiger partial charge < -0.3 is 9.64 Å². The van der Waals surface area contributed by atoms with Crippen molar-refractivity contribution in [3.8, 4) is 5.75 Å². The second-order valence-corrected chi connectivity index (χ2v) is 4.66. The second kappa shape index (κ2) is 3.95. The van der Waals surface area contributed by atoms with Crippen LogP contribution in [0.4, 0.5) is 0 Å². The molecule has 0 spiro atoms. The average Bonchev–Trinajstić information content (AvgIpc) is 2.77. The van der Waals surface area contributed by atoms with Crippen molar-refractivity contribution in [1.82, 2.24) is 4.90 Å². The lowest BCUT2D eigenvalue weighted by Gasteiger charge is -2.22. The van der Waals surface area contributed by atoms with E-state index in [1.165, 1.54) is 23.2 Å². The van der Waals surface area contributed by atoms with Gasteiger partial charge in [0.15, 0.2) is 0 Å². The first kappa shape index (κ1) is 9.91. The van der Waals surface area contributed by atoms with Crippen molar-refractivity contribution in [2.24, 2.45) is 0 Å². The number of rotatable bonds is 1. The van der Waals surface area contributed by atoms with E-state index in [-0.39, 0.29) is 0 Å². The third kappa shape index (κ3) is 1.74. The molecule has 0 amide bonds.